The molecule has 0 radical (unpaired) electrons. The molecule has 2 amide bonds. The molecule has 3 rings (SSSR count). The number of rotatable bonds is 4. The highest BCUT2D eigenvalue weighted by molar-refractivity contribution is 5.96. The lowest BCUT2D eigenvalue weighted by Crippen LogP contribution is -2.42. The van der Waals surface area contributed by atoms with Crippen LogP contribution in [0, 0.1) is 24.0 Å². The lowest BCUT2D eigenvalue weighted by molar-refractivity contribution is -0.384. The van der Waals surface area contributed by atoms with Crippen molar-refractivity contribution in [3.8, 4) is 0 Å². The van der Waals surface area contributed by atoms with Crippen LogP contribution >= 0.6 is 0 Å². The number of non-ortho nitro benzene ring substituents is 1. The van der Waals surface area contributed by atoms with E-state index in [1.54, 1.807) is 0 Å². The van der Waals surface area contributed by atoms with Gasteiger partial charge in [0.15, 0.2) is 0 Å². The number of aromatic nitrogens is 4. The zero-order valence-corrected chi connectivity index (χ0v) is 16.0. The van der Waals surface area contributed by atoms with Gasteiger partial charge in [-0.3, -0.25) is 30.6 Å². The molecule has 0 aliphatic heterocycles. The van der Waals surface area contributed by atoms with E-state index in [0.717, 1.165) is 10.6 Å². The van der Waals surface area contributed by atoms with Crippen LogP contribution in [-0.4, -0.2) is 36.3 Å². The van der Waals surface area contributed by atoms with E-state index in [1.807, 2.05) is 0 Å². The Morgan fingerprint density at radius 3 is 2.55 bits per heavy atom. The number of carbonyl (C=O) groups is 2. The number of amides is 2. The van der Waals surface area contributed by atoms with Crippen LogP contribution in [0.25, 0.3) is 5.78 Å². The van der Waals surface area contributed by atoms with Crippen molar-refractivity contribution in [1.29, 1.82) is 0 Å². The summed E-state index contributed by atoms with van der Waals surface area (Å²) in [5.74, 6) is -3.09. The third kappa shape index (κ3) is 4.57. The second-order valence-electron chi connectivity index (χ2n) is 6.39. The van der Waals surface area contributed by atoms with E-state index < -0.39 is 28.7 Å². The van der Waals surface area contributed by atoms with Gasteiger partial charge in [0.25, 0.3) is 23.2 Å². The lowest BCUT2D eigenvalue weighted by Gasteiger charge is -2.11. The van der Waals surface area contributed by atoms with Crippen molar-refractivity contribution in [2.45, 2.75) is 26.4 Å². The average molecular weight is 437 g/mol. The van der Waals surface area contributed by atoms with Crippen molar-refractivity contribution >= 4 is 23.3 Å². The van der Waals surface area contributed by atoms with Gasteiger partial charge in [0.2, 0.25) is 5.91 Å². The number of nitrogens with zero attached hydrogens (tertiary/aromatic N) is 5. The molecule has 31 heavy (non-hydrogen) atoms. The first kappa shape index (κ1) is 21.6. The summed E-state index contributed by atoms with van der Waals surface area (Å²) < 4.78 is 39.4. The SMILES string of the molecule is Cc1nc2nc(C(F)(F)F)nn2c(C)c1CC(=O)NNC(=O)c1cccc([N+](=O)[O-])c1. The van der Waals surface area contributed by atoms with Crippen LogP contribution in [0.4, 0.5) is 18.9 Å². The molecule has 14 heteroatoms. The van der Waals surface area contributed by atoms with Gasteiger partial charge in [-0.25, -0.2) is 9.50 Å². The first-order valence-electron chi connectivity index (χ1n) is 8.61. The largest absolute Gasteiger partial charge is 0.453 e. The Kier molecular flexibility index (Phi) is 5.55. The van der Waals surface area contributed by atoms with E-state index in [-0.39, 0.29) is 34.8 Å². The van der Waals surface area contributed by atoms with Crippen molar-refractivity contribution in [3.63, 3.8) is 0 Å². The van der Waals surface area contributed by atoms with Crippen LogP contribution in [0.5, 0.6) is 0 Å². The Labute approximate surface area is 171 Å². The number of benzene rings is 1. The van der Waals surface area contributed by atoms with E-state index in [9.17, 15) is 32.9 Å². The minimum absolute atomic E-state index is 0.0488. The number of fused-ring (bicyclic) bond motifs is 1. The average Bonchev–Trinajstić information content (AvgIpc) is 3.14. The summed E-state index contributed by atoms with van der Waals surface area (Å²) in [7, 11) is 0. The van der Waals surface area contributed by atoms with Gasteiger partial charge in [0, 0.05) is 34.6 Å². The summed E-state index contributed by atoms with van der Waals surface area (Å²) in [6.45, 7) is 2.96. The number of halogens is 3. The third-order valence-corrected chi connectivity index (χ3v) is 4.27. The van der Waals surface area contributed by atoms with Crippen molar-refractivity contribution < 1.29 is 27.7 Å². The van der Waals surface area contributed by atoms with Crippen LogP contribution in [0.1, 0.15) is 33.1 Å². The molecule has 2 N–H and O–H groups in total. The minimum atomic E-state index is -4.75. The van der Waals surface area contributed by atoms with E-state index in [4.69, 9.17) is 0 Å². The lowest BCUT2D eigenvalue weighted by atomic mass is 10.1. The third-order valence-electron chi connectivity index (χ3n) is 4.27. The number of hydrogen-bond acceptors (Lipinski definition) is 7. The maximum Gasteiger partial charge on any atom is 0.453 e. The Bertz CT molecular complexity index is 1210. The molecule has 0 fully saturated rings. The molecule has 0 unspecified atom stereocenters. The van der Waals surface area contributed by atoms with E-state index in [0.29, 0.717) is 5.56 Å². The molecule has 0 spiro atoms. The predicted octanol–water partition coefficient (Wildman–Crippen LogP) is 1.67. The second kappa shape index (κ2) is 7.97. The molecule has 1 aromatic carbocycles. The van der Waals surface area contributed by atoms with Crippen molar-refractivity contribution in [2.75, 3.05) is 0 Å². The Morgan fingerprint density at radius 1 is 1.19 bits per heavy atom. The second-order valence-corrected chi connectivity index (χ2v) is 6.39. The van der Waals surface area contributed by atoms with E-state index in [1.165, 1.54) is 32.0 Å². The van der Waals surface area contributed by atoms with Crippen molar-refractivity contribution in [3.05, 3.63) is 62.7 Å². The molecule has 0 aliphatic carbocycles. The Morgan fingerprint density at radius 2 is 1.90 bits per heavy atom. The number of aryl methyl sites for hydroxylation is 2. The van der Waals surface area contributed by atoms with Crippen LogP contribution in [-0.2, 0) is 17.4 Å². The molecule has 2 aromatic heterocycles. The Hall–Kier alpha value is -4.10. The molecule has 11 nitrogen and oxygen atoms in total. The van der Waals surface area contributed by atoms with Gasteiger partial charge in [-0.2, -0.15) is 18.2 Å². The molecule has 2 heterocycles. The van der Waals surface area contributed by atoms with Crippen LogP contribution in [0.3, 0.4) is 0 Å². The van der Waals surface area contributed by atoms with Gasteiger partial charge < -0.3 is 0 Å². The molecule has 0 aliphatic rings. The highest BCUT2D eigenvalue weighted by Crippen LogP contribution is 2.27. The van der Waals surface area contributed by atoms with E-state index >= 15 is 0 Å². The van der Waals surface area contributed by atoms with Gasteiger partial charge >= 0.3 is 6.18 Å². The number of hydrogen-bond donors (Lipinski definition) is 2. The molecule has 162 valence electrons. The monoisotopic (exact) mass is 437 g/mol. The first-order valence-corrected chi connectivity index (χ1v) is 8.61. The minimum Gasteiger partial charge on any atom is -0.273 e. The molecule has 0 saturated heterocycles. The maximum atomic E-state index is 12.8. The molecule has 0 saturated carbocycles. The fourth-order valence-electron chi connectivity index (χ4n) is 2.75. The van der Waals surface area contributed by atoms with Gasteiger partial charge in [0.1, 0.15) is 0 Å². The fourth-order valence-corrected chi connectivity index (χ4v) is 2.75. The van der Waals surface area contributed by atoms with Crippen LogP contribution < -0.4 is 10.9 Å². The summed E-state index contributed by atoms with van der Waals surface area (Å²) in [6.07, 6.45) is -5.07. The standard InChI is InChI=1S/C17H14F3N7O4/c1-8-12(9(2)26-16(21-8)22-15(25-26)17(18,19)20)7-13(28)23-24-14(29)10-4-3-5-11(6-10)27(30)31/h3-6H,7H2,1-2H3,(H,23,28)(H,24,29). The molecular weight excluding hydrogens is 423 g/mol. The topological polar surface area (TPSA) is 144 Å². The highest BCUT2D eigenvalue weighted by atomic mass is 19.4. The molecular formula is C17H14F3N7O4. The maximum absolute atomic E-state index is 12.8. The normalized spacial score (nSPS) is 11.4. The quantitative estimate of drug-likeness (QED) is 0.467. The number of alkyl halides is 3. The number of nitrogens with one attached hydrogen (secondary N) is 2. The molecule has 0 bridgehead atoms. The summed E-state index contributed by atoms with van der Waals surface area (Å²) in [4.78, 5) is 41.7. The zero-order valence-electron chi connectivity index (χ0n) is 16.0. The fraction of sp³-hybridized carbons (Fsp3) is 0.235. The van der Waals surface area contributed by atoms with Gasteiger partial charge in [-0.1, -0.05) is 6.07 Å². The zero-order chi connectivity index (χ0) is 22.9. The smallest absolute Gasteiger partial charge is 0.273 e. The summed E-state index contributed by atoms with van der Waals surface area (Å²) in [5, 5.41) is 14.2. The predicted molar refractivity (Wildman–Crippen MR) is 97.7 cm³/mol. The van der Waals surface area contributed by atoms with Crippen LogP contribution in [0.2, 0.25) is 0 Å². The van der Waals surface area contributed by atoms with Crippen LogP contribution in [0.15, 0.2) is 24.3 Å². The first-order chi connectivity index (χ1) is 14.5. The molecule has 3 aromatic rings. The summed E-state index contributed by atoms with van der Waals surface area (Å²) >= 11 is 0. The number of nitro benzene ring substituents is 1. The van der Waals surface area contributed by atoms with E-state index in [2.05, 4.69) is 25.9 Å². The highest BCUT2D eigenvalue weighted by Gasteiger charge is 2.37. The summed E-state index contributed by atoms with van der Waals surface area (Å²) in [5.41, 5.74) is 4.72. The van der Waals surface area contributed by atoms with Gasteiger partial charge in [0.05, 0.1) is 11.3 Å². The number of carbonyl (C=O) groups excluding carboxylic acids is 2. The van der Waals surface area contributed by atoms with Gasteiger partial charge in [-0.05, 0) is 19.9 Å². The van der Waals surface area contributed by atoms with Crippen molar-refractivity contribution in [2.24, 2.45) is 0 Å². The van der Waals surface area contributed by atoms with Gasteiger partial charge in [-0.15, -0.1) is 5.10 Å². The number of nitro groups is 1. The van der Waals surface area contributed by atoms with Crippen molar-refractivity contribution in [1.82, 2.24) is 30.4 Å². The Balaban J connectivity index is 1.73. The molecule has 0 atom stereocenters. The summed E-state index contributed by atoms with van der Waals surface area (Å²) in [6, 6.07) is 4.88. The number of hydrazine groups is 1.